The molecule has 8 heteroatoms. The first-order valence-electron chi connectivity index (χ1n) is 11.6. The summed E-state index contributed by atoms with van der Waals surface area (Å²) >= 11 is 0. The predicted molar refractivity (Wildman–Crippen MR) is 132 cm³/mol. The summed E-state index contributed by atoms with van der Waals surface area (Å²) in [7, 11) is 0. The Morgan fingerprint density at radius 1 is 1.24 bits per heavy atom. The van der Waals surface area contributed by atoms with Crippen molar-refractivity contribution < 1.29 is 4.74 Å². The van der Waals surface area contributed by atoms with Crippen LogP contribution in [-0.4, -0.2) is 53.1 Å². The summed E-state index contributed by atoms with van der Waals surface area (Å²) in [5, 5.41) is 11.2. The molecule has 0 amide bonds. The van der Waals surface area contributed by atoms with Gasteiger partial charge in [0.05, 0.1) is 31.0 Å². The number of hydrogen-bond acceptors (Lipinski definition) is 5. The van der Waals surface area contributed by atoms with E-state index in [9.17, 15) is 0 Å². The molecule has 0 saturated carbocycles. The highest BCUT2D eigenvalue weighted by Gasteiger charge is 2.18. The van der Waals surface area contributed by atoms with Crippen molar-refractivity contribution in [2.45, 2.75) is 39.5 Å². The van der Waals surface area contributed by atoms with Gasteiger partial charge in [0.25, 0.3) is 0 Å². The fourth-order valence-corrected chi connectivity index (χ4v) is 3.90. The number of aromatic nitrogens is 3. The van der Waals surface area contributed by atoms with E-state index >= 15 is 0 Å². The van der Waals surface area contributed by atoms with Crippen LogP contribution in [0.1, 0.15) is 37.9 Å². The van der Waals surface area contributed by atoms with Gasteiger partial charge in [0, 0.05) is 38.2 Å². The van der Waals surface area contributed by atoms with Crippen LogP contribution in [-0.2, 0) is 11.3 Å². The van der Waals surface area contributed by atoms with Crippen molar-refractivity contribution in [1.82, 2.24) is 25.4 Å². The van der Waals surface area contributed by atoms with Gasteiger partial charge in [-0.3, -0.25) is 0 Å². The number of morpholine rings is 1. The molecule has 174 valence electrons. The van der Waals surface area contributed by atoms with Gasteiger partial charge in [0.1, 0.15) is 5.82 Å². The van der Waals surface area contributed by atoms with Crippen LogP contribution in [0.25, 0.3) is 5.69 Å². The van der Waals surface area contributed by atoms with Crippen molar-refractivity contribution in [3.63, 3.8) is 0 Å². The van der Waals surface area contributed by atoms with Crippen LogP contribution in [0, 0.1) is 0 Å². The molecule has 1 aliphatic heterocycles. The van der Waals surface area contributed by atoms with Crippen LogP contribution in [0.3, 0.4) is 0 Å². The highest BCUT2D eigenvalue weighted by molar-refractivity contribution is 5.80. The average molecular weight is 448 g/mol. The Labute approximate surface area is 195 Å². The van der Waals surface area contributed by atoms with Crippen LogP contribution in [0.2, 0.25) is 0 Å². The Bertz CT molecular complexity index is 1050. The number of pyridine rings is 1. The lowest BCUT2D eigenvalue weighted by molar-refractivity contribution is 0.0529. The average Bonchev–Trinajstić information content (AvgIpc) is 3.38. The number of nitrogens with zero attached hydrogens (tertiary/aromatic N) is 5. The Hall–Kier alpha value is -3.39. The third-order valence-electron chi connectivity index (χ3n) is 5.63. The van der Waals surface area contributed by atoms with Crippen LogP contribution < -0.4 is 15.5 Å². The zero-order valence-corrected chi connectivity index (χ0v) is 19.6. The molecule has 0 radical (unpaired) electrons. The van der Waals surface area contributed by atoms with Gasteiger partial charge in [0.2, 0.25) is 0 Å². The highest BCUT2D eigenvalue weighted by atomic mass is 16.5. The zero-order chi connectivity index (χ0) is 23.0. The summed E-state index contributed by atoms with van der Waals surface area (Å²) in [6.45, 7) is 10.1. The van der Waals surface area contributed by atoms with Gasteiger partial charge in [-0.15, -0.1) is 0 Å². The van der Waals surface area contributed by atoms with E-state index in [-0.39, 0.29) is 12.1 Å². The van der Waals surface area contributed by atoms with Crippen LogP contribution in [0.4, 0.5) is 5.82 Å². The molecule has 2 atom stereocenters. The minimum Gasteiger partial charge on any atom is -0.375 e. The molecular formula is C25H33N7O. The molecule has 1 saturated heterocycles. The molecular weight excluding hydrogens is 414 g/mol. The van der Waals surface area contributed by atoms with E-state index in [1.165, 1.54) is 5.56 Å². The SMILES string of the molecule is CCNC(=NCc1ccnc(N2CCOC(C)C2)c1)NC(C)c1cccc(-n2cccn2)c1. The third kappa shape index (κ3) is 6.10. The Balaban J connectivity index is 1.44. The van der Waals surface area contributed by atoms with E-state index < -0.39 is 0 Å². The van der Waals surface area contributed by atoms with Crippen LogP contribution in [0.5, 0.6) is 0 Å². The summed E-state index contributed by atoms with van der Waals surface area (Å²) in [6, 6.07) is 14.5. The molecule has 8 nitrogen and oxygen atoms in total. The number of rotatable bonds is 7. The van der Waals surface area contributed by atoms with Crippen molar-refractivity contribution in [3.8, 4) is 5.69 Å². The monoisotopic (exact) mass is 447 g/mol. The summed E-state index contributed by atoms with van der Waals surface area (Å²) in [5.41, 5.74) is 3.33. The van der Waals surface area contributed by atoms with Crippen molar-refractivity contribution in [1.29, 1.82) is 0 Å². The normalized spacial score (nSPS) is 17.6. The maximum absolute atomic E-state index is 5.65. The second-order valence-electron chi connectivity index (χ2n) is 8.26. The summed E-state index contributed by atoms with van der Waals surface area (Å²) in [4.78, 5) is 11.7. The number of anilines is 1. The van der Waals surface area contributed by atoms with Crippen molar-refractivity contribution in [2.75, 3.05) is 31.1 Å². The second-order valence-corrected chi connectivity index (χ2v) is 8.26. The summed E-state index contributed by atoms with van der Waals surface area (Å²) in [6.07, 6.45) is 5.82. The van der Waals surface area contributed by atoms with Crippen molar-refractivity contribution in [3.05, 3.63) is 72.2 Å². The summed E-state index contributed by atoms with van der Waals surface area (Å²) in [5.74, 6) is 1.77. The van der Waals surface area contributed by atoms with E-state index in [0.717, 1.165) is 49.3 Å². The van der Waals surface area contributed by atoms with Gasteiger partial charge < -0.3 is 20.3 Å². The minimum atomic E-state index is 0.0844. The fraction of sp³-hybridized carbons (Fsp3) is 0.400. The van der Waals surface area contributed by atoms with E-state index in [0.29, 0.717) is 6.54 Å². The molecule has 4 rings (SSSR count). The highest BCUT2D eigenvalue weighted by Crippen LogP contribution is 2.18. The molecule has 2 aromatic heterocycles. The number of aliphatic imine (C=N–C) groups is 1. The fourth-order valence-electron chi connectivity index (χ4n) is 3.90. The maximum atomic E-state index is 5.65. The van der Waals surface area contributed by atoms with Gasteiger partial charge in [-0.1, -0.05) is 12.1 Å². The Morgan fingerprint density at radius 2 is 2.15 bits per heavy atom. The summed E-state index contributed by atoms with van der Waals surface area (Å²) < 4.78 is 7.52. The largest absolute Gasteiger partial charge is 0.375 e. The number of hydrogen-bond donors (Lipinski definition) is 2. The number of nitrogens with one attached hydrogen (secondary N) is 2. The minimum absolute atomic E-state index is 0.0844. The van der Waals surface area contributed by atoms with Gasteiger partial charge in [-0.25, -0.2) is 14.7 Å². The first kappa shape index (κ1) is 22.8. The molecule has 2 unspecified atom stereocenters. The molecule has 1 aliphatic rings. The van der Waals surface area contributed by atoms with Crippen molar-refractivity contribution in [2.24, 2.45) is 4.99 Å². The van der Waals surface area contributed by atoms with Crippen LogP contribution in [0.15, 0.2) is 66.0 Å². The van der Waals surface area contributed by atoms with Gasteiger partial charge in [0.15, 0.2) is 5.96 Å². The molecule has 0 bridgehead atoms. The molecule has 0 aliphatic carbocycles. The maximum Gasteiger partial charge on any atom is 0.192 e. The predicted octanol–water partition coefficient (Wildman–Crippen LogP) is 3.31. The van der Waals surface area contributed by atoms with E-state index in [1.54, 1.807) is 6.20 Å². The van der Waals surface area contributed by atoms with Gasteiger partial charge in [-0.2, -0.15) is 5.10 Å². The molecule has 1 aromatic carbocycles. The number of guanidine groups is 1. The molecule has 1 fully saturated rings. The Kier molecular flexibility index (Phi) is 7.57. The molecule has 3 heterocycles. The lowest BCUT2D eigenvalue weighted by atomic mass is 10.1. The van der Waals surface area contributed by atoms with E-state index in [2.05, 4.69) is 76.7 Å². The quantitative estimate of drug-likeness (QED) is 0.427. The van der Waals surface area contributed by atoms with Gasteiger partial charge >= 0.3 is 0 Å². The molecule has 0 spiro atoms. The number of benzene rings is 1. The third-order valence-corrected chi connectivity index (χ3v) is 5.63. The molecule has 33 heavy (non-hydrogen) atoms. The lowest BCUT2D eigenvalue weighted by Gasteiger charge is -2.32. The smallest absolute Gasteiger partial charge is 0.192 e. The lowest BCUT2D eigenvalue weighted by Crippen LogP contribution is -2.41. The van der Waals surface area contributed by atoms with E-state index in [1.807, 2.05) is 29.2 Å². The topological polar surface area (TPSA) is 79.6 Å². The second kappa shape index (κ2) is 11.0. The first-order valence-corrected chi connectivity index (χ1v) is 11.6. The first-order chi connectivity index (χ1) is 16.1. The van der Waals surface area contributed by atoms with Gasteiger partial charge in [-0.05, 0) is 62.2 Å². The standard InChI is InChI=1S/C25H33N7O/c1-4-26-25(30-20(3)22-7-5-8-23(16-22)32-12-6-10-29-32)28-17-21-9-11-27-24(15-21)31-13-14-33-19(2)18-31/h5-12,15-16,19-20H,4,13-14,17-18H2,1-3H3,(H2,26,28,30). The van der Waals surface area contributed by atoms with Crippen LogP contribution >= 0.6 is 0 Å². The number of ether oxygens (including phenoxy) is 1. The Morgan fingerprint density at radius 3 is 2.94 bits per heavy atom. The molecule has 3 aromatic rings. The zero-order valence-electron chi connectivity index (χ0n) is 19.6. The molecule has 2 N–H and O–H groups in total. The van der Waals surface area contributed by atoms with Crippen molar-refractivity contribution >= 4 is 11.8 Å². The van der Waals surface area contributed by atoms with E-state index in [4.69, 9.17) is 9.73 Å².